The van der Waals surface area contributed by atoms with Crippen LogP contribution < -0.4 is 4.90 Å². The molecule has 0 fully saturated rings. The average Bonchev–Trinajstić information content (AvgIpc) is 3.81. The topological polar surface area (TPSA) is 29.5 Å². The molecule has 0 saturated heterocycles. The highest BCUT2D eigenvalue weighted by atomic mass is 32.1. The molecule has 216 valence electrons. The van der Waals surface area contributed by atoms with Gasteiger partial charge in [-0.15, -0.1) is 11.3 Å². The number of fused-ring (bicyclic) bond motifs is 9. The van der Waals surface area contributed by atoms with Crippen molar-refractivity contribution in [3.05, 3.63) is 152 Å². The molecule has 0 aliphatic rings. The smallest absolute Gasteiger partial charge is 0.159 e. The lowest BCUT2D eigenvalue weighted by Gasteiger charge is -2.26. The number of hydrogen-bond acceptors (Lipinski definition) is 4. The van der Waals surface area contributed by atoms with Crippen molar-refractivity contribution in [1.29, 1.82) is 0 Å². The molecule has 3 nitrogen and oxygen atoms in total. The van der Waals surface area contributed by atoms with Gasteiger partial charge >= 0.3 is 0 Å². The van der Waals surface area contributed by atoms with Crippen molar-refractivity contribution in [2.45, 2.75) is 0 Å². The first-order chi connectivity index (χ1) is 22.8. The Hall–Kier alpha value is -5.84. The predicted molar refractivity (Wildman–Crippen MR) is 194 cm³/mol. The van der Waals surface area contributed by atoms with Crippen LogP contribution in [0, 0.1) is 0 Å². The third kappa shape index (κ3) is 3.65. The molecule has 3 heterocycles. The average molecular weight is 608 g/mol. The van der Waals surface area contributed by atoms with Gasteiger partial charge in [-0.3, -0.25) is 0 Å². The van der Waals surface area contributed by atoms with Gasteiger partial charge in [0.05, 0.1) is 27.1 Å². The van der Waals surface area contributed by atoms with Crippen LogP contribution in [0.2, 0.25) is 0 Å². The van der Waals surface area contributed by atoms with Crippen LogP contribution in [0.15, 0.2) is 160 Å². The lowest BCUT2D eigenvalue weighted by atomic mass is 10.0. The number of para-hydroxylation sites is 3. The Morgan fingerprint density at radius 1 is 0.413 bits per heavy atom. The summed E-state index contributed by atoms with van der Waals surface area (Å²) in [5.74, 6) is 0. The van der Waals surface area contributed by atoms with E-state index in [1.165, 1.54) is 20.2 Å². The Morgan fingerprint density at radius 3 is 1.93 bits per heavy atom. The van der Waals surface area contributed by atoms with Gasteiger partial charge in [0.15, 0.2) is 5.58 Å². The Morgan fingerprint density at radius 2 is 1.04 bits per heavy atom. The summed E-state index contributed by atoms with van der Waals surface area (Å²) in [6.45, 7) is 0. The summed E-state index contributed by atoms with van der Waals surface area (Å²) in [6, 6.07) is 53.4. The molecule has 7 aromatic carbocycles. The third-order valence-corrected chi connectivity index (χ3v) is 10.3. The molecule has 0 aliphatic carbocycles. The Kier molecular flexibility index (Phi) is 5.45. The van der Waals surface area contributed by atoms with Gasteiger partial charge in [-0.25, -0.2) is 0 Å². The summed E-state index contributed by atoms with van der Waals surface area (Å²) in [6.07, 6.45) is 0. The van der Waals surface area contributed by atoms with E-state index in [2.05, 4.69) is 138 Å². The molecular weight excluding hydrogens is 583 g/mol. The molecule has 0 saturated carbocycles. The van der Waals surface area contributed by atoms with Crippen molar-refractivity contribution in [3.8, 4) is 11.1 Å². The molecular formula is C42H25NO2S. The molecule has 0 bridgehead atoms. The van der Waals surface area contributed by atoms with Gasteiger partial charge in [-0.05, 0) is 42.0 Å². The molecule has 0 aliphatic heterocycles. The summed E-state index contributed by atoms with van der Waals surface area (Å²) in [4.78, 5) is 2.38. The van der Waals surface area contributed by atoms with E-state index < -0.39 is 0 Å². The van der Waals surface area contributed by atoms with E-state index in [9.17, 15) is 0 Å². The summed E-state index contributed by atoms with van der Waals surface area (Å²) in [7, 11) is 0. The maximum atomic E-state index is 6.98. The highest BCUT2D eigenvalue weighted by Gasteiger charge is 2.25. The number of furan rings is 2. The quantitative estimate of drug-likeness (QED) is 0.199. The van der Waals surface area contributed by atoms with E-state index in [1.54, 1.807) is 0 Å². The first kappa shape index (κ1) is 25.5. The van der Waals surface area contributed by atoms with Crippen molar-refractivity contribution in [2.75, 3.05) is 4.90 Å². The summed E-state index contributed by atoms with van der Waals surface area (Å²) >= 11 is 1.83. The zero-order chi connectivity index (χ0) is 30.2. The van der Waals surface area contributed by atoms with Crippen LogP contribution >= 0.6 is 11.3 Å². The minimum Gasteiger partial charge on any atom is -0.456 e. The summed E-state index contributed by atoms with van der Waals surface area (Å²) in [5.41, 5.74) is 8.82. The fourth-order valence-corrected chi connectivity index (χ4v) is 8.27. The zero-order valence-electron chi connectivity index (χ0n) is 24.6. The number of nitrogens with zero attached hydrogens (tertiary/aromatic N) is 1. The Bertz CT molecular complexity index is 2770. The van der Waals surface area contributed by atoms with Gasteiger partial charge in [0.1, 0.15) is 16.7 Å². The monoisotopic (exact) mass is 607 g/mol. The summed E-state index contributed by atoms with van der Waals surface area (Å²) < 4.78 is 15.9. The van der Waals surface area contributed by atoms with Gasteiger partial charge in [-0.1, -0.05) is 115 Å². The molecule has 0 N–H and O–H groups in total. The molecule has 3 aromatic heterocycles. The number of hydrogen-bond donors (Lipinski definition) is 0. The van der Waals surface area contributed by atoms with Gasteiger partial charge in [0, 0.05) is 37.2 Å². The lowest BCUT2D eigenvalue weighted by Crippen LogP contribution is -2.10. The molecule has 0 amide bonds. The first-order valence-corrected chi connectivity index (χ1v) is 16.3. The molecule has 0 radical (unpaired) electrons. The number of benzene rings is 7. The molecule has 0 spiro atoms. The van der Waals surface area contributed by atoms with Crippen molar-refractivity contribution in [3.63, 3.8) is 0 Å². The van der Waals surface area contributed by atoms with Crippen LogP contribution in [0.25, 0.3) is 75.2 Å². The fraction of sp³-hybridized carbons (Fsp3) is 0. The van der Waals surface area contributed by atoms with Gasteiger partial charge in [0.25, 0.3) is 0 Å². The van der Waals surface area contributed by atoms with E-state index in [1.807, 2.05) is 29.5 Å². The highest BCUT2D eigenvalue weighted by Crippen LogP contribution is 2.50. The second-order valence-electron chi connectivity index (χ2n) is 11.6. The minimum atomic E-state index is 0.851. The second-order valence-corrected chi connectivity index (χ2v) is 12.7. The van der Waals surface area contributed by atoms with Gasteiger partial charge < -0.3 is 13.7 Å². The minimum absolute atomic E-state index is 0.851. The highest BCUT2D eigenvalue weighted by molar-refractivity contribution is 7.26. The molecule has 0 unspecified atom stereocenters. The van der Waals surface area contributed by atoms with E-state index >= 15 is 0 Å². The van der Waals surface area contributed by atoms with Crippen LogP contribution in [0.5, 0.6) is 0 Å². The summed E-state index contributed by atoms with van der Waals surface area (Å²) in [5, 5.41) is 6.87. The molecule has 4 heteroatoms. The number of rotatable bonds is 4. The SMILES string of the molecule is c1ccc(-c2cccc3c2oc2c(N(c4cccc5c4sc4ccccc45)c4cccc5oc6ccccc6c45)cccc23)cc1. The molecule has 46 heavy (non-hydrogen) atoms. The Balaban J connectivity index is 1.34. The number of thiophene rings is 1. The zero-order valence-corrected chi connectivity index (χ0v) is 25.4. The van der Waals surface area contributed by atoms with Crippen LogP contribution in [-0.2, 0) is 0 Å². The number of anilines is 3. The standard InChI is InChI=1S/C42H25NO2S/c1-2-12-26(13-3-1)27-16-8-17-29-30-18-9-21-34(41(30)45-40(27)29)43(33-20-11-24-37-39(33)32-15-4-6-23-36(32)44-37)35-22-10-19-31-28-14-5-7-25-38(28)46-42(31)35/h1-25H. The van der Waals surface area contributed by atoms with Crippen molar-refractivity contribution in [1.82, 2.24) is 0 Å². The van der Waals surface area contributed by atoms with Crippen molar-refractivity contribution >= 4 is 92.4 Å². The van der Waals surface area contributed by atoms with Crippen LogP contribution in [-0.4, -0.2) is 0 Å². The second kappa shape index (κ2) is 9.83. The van der Waals surface area contributed by atoms with E-state index in [4.69, 9.17) is 8.83 Å². The Labute approximate surface area is 268 Å². The van der Waals surface area contributed by atoms with Crippen LogP contribution in [0.1, 0.15) is 0 Å². The van der Waals surface area contributed by atoms with E-state index in [-0.39, 0.29) is 0 Å². The van der Waals surface area contributed by atoms with Gasteiger partial charge in [-0.2, -0.15) is 0 Å². The predicted octanol–water partition coefficient (Wildman–Crippen LogP) is 13.0. The van der Waals surface area contributed by atoms with Crippen LogP contribution in [0.4, 0.5) is 17.1 Å². The van der Waals surface area contributed by atoms with E-state index in [0.717, 1.165) is 72.1 Å². The van der Waals surface area contributed by atoms with Crippen molar-refractivity contribution in [2.24, 2.45) is 0 Å². The molecule has 10 rings (SSSR count). The maximum Gasteiger partial charge on any atom is 0.159 e. The fourth-order valence-electron chi connectivity index (χ4n) is 7.07. The normalized spacial score (nSPS) is 11.9. The van der Waals surface area contributed by atoms with Gasteiger partial charge in [0.2, 0.25) is 0 Å². The maximum absolute atomic E-state index is 6.98. The molecule has 0 atom stereocenters. The lowest BCUT2D eigenvalue weighted by molar-refractivity contribution is 0.668. The van der Waals surface area contributed by atoms with Crippen molar-refractivity contribution < 1.29 is 8.83 Å². The van der Waals surface area contributed by atoms with Crippen LogP contribution in [0.3, 0.4) is 0 Å². The van der Waals surface area contributed by atoms with E-state index in [0.29, 0.717) is 0 Å². The molecule has 10 aromatic rings. The first-order valence-electron chi connectivity index (χ1n) is 15.4. The largest absolute Gasteiger partial charge is 0.456 e. The third-order valence-electron chi connectivity index (χ3n) is 9.08.